The molecule has 0 aromatic heterocycles. The molecule has 0 amide bonds. The van der Waals surface area contributed by atoms with Crippen LogP contribution in [0.15, 0.2) is 0 Å². The van der Waals surface area contributed by atoms with Crippen LogP contribution < -0.4 is 0 Å². The van der Waals surface area contributed by atoms with Crippen molar-refractivity contribution < 1.29 is 0 Å². The van der Waals surface area contributed by atoms with Gasteiger partial charge in [-0.25, -0.2) is 0 Å². The van der Waals surface area contributed by atoms with Crippen LogP contribution in [0.1, 0.15) is 53.9 Å². The van der Waals surface area contributed by atoms with Crippen molar-refractivity contribution in [1.82, 2.24) is 0 Å². The van der Waals surface area contributed by atoms with E-state index >= 15 is 0 Å². The highest BCUT2D eigenvalue weighted by Crippen LogP contribution is 2.50. The maximum absolute atomic E-state index is 2.43. The van der Waals surface area contributed by atoms with Gasteiger partial charge in [0.05, 0.1) is 0 Å². The molecule has 0 bridgehead atoms. The fourth-order valence-electron chi connectivity index (χ4n) is 2.38. The predicted octanol–water partition coefficient (Wildman–Crippen LogP) is 3.86. The molecule has 11 heavy (non-hydrogen) atoms. The quantitative estimate of drug-likeness (QED) is 0.566. The maximum Gasteiger partial charge on any atom is -0.0321 e. The molecule has 1 rings (SSSR count). The van der Waals surface area contributed by atoms with Crippen LogP contribution in [0, 0.1) is 16.7 Å². The van der Waals surface area contributed by atoms with Crippen molar-refractivity contribution in [2.45, 2.75) is 53.9 Å². The van der Waals surface area contributed by atoms with Crippen molar-refractivity contribution in [3.63, 3.8) is 0 Å². The second kappa shape index (κ2) is 2.50. The molecule has 0 aromatic carbocycles. The Morgan fingerprint density at radius 3 is 1.73 bits per heavy atom. The van der Waals surface area contributed by atoms with Gasteiger partial charge in [-0.1, -0.05) is 34.6 Å². The molecule has 0 atom stereocenters. The molecule has 1 aliphatic rings. The van der Waals surface area contributed by atoms with E-state index in [1.807, 2.05) is 0 Å². The molecule has 0 aromatic rings. The van der Waals surface area contributed by atoms with Crippen molar-refractivity contribution in [2.24, 2.45) is 16.7 Å². The summed E-state index contributed by atoms with van der Waals surface area (Å²) in [5.74, 6) is 1.03. The van der Waals surface area contributed by atoms with Crippen LogP contribution >= 0.6 is 0 Å². The van der Waals surface area contributed by atoms with Crippen LogP contribution in [0.4, 0.5) is 0 Å². The summed E-state index contributed by atoms with van der Waals surface area (Å²) in [5.41, 5.74) is 1.10. The summed E-state index contributed by atoms with van der Waals surface area (Å²) in [6.45, 7) is 11.9. The highest BCUT2D eigenvalue weighted by Gasteiger charge is 2.39. The molecule has 66 valence electrons. The van der Waals surface area contributed by atoms with E-state index in [4.69, 9.17) is 0 Å². The molecular weight excluding hydrogens is 132 g/mol. The van der Waals surface area contributed by atoms with E-state index in [-0.39, 0.29) is 0 Å². The highest BCUT2D eigenvalue weighted by atomic mass is 14.4. The molecule has 0 spiro atoms. The van der Waals surface area contributed by atoms with Crippen molar-refractivity contribution in [3.8, 4) is 0 Å². The van der Waals surface area contributed by atoms with Gasteiger partial charge in [-0.3, -0.25) is 0 Å². The van der Waals surface area contributed by atoms with E-state index in [2.05, 4.69) is 34.6 Å². The van der Waals surface area contributed by atoms with E-state index in [1.54, 1.807) is 0 Å². The predicted molar refractivity (Wildman–Crippen MR) is 50.6 cm³/mol. The fourth-order valence-corrected chi connectivity index (χ4v) is 2.38. The van der Waals surface area contributed by atoms with E-state index in [0.29, 0.717) is 10.8 Å². The molecule has 1 fully saturated rings. The zero-order chi connectivity index (χ0) is 8.70. The minimum Gasteiger partial charge on any atom is -0.0602 e. The first-order valence-electron chi connectivity index (χ1n) is 4.81. The van der Waals surface area contributed by atoms with Crippen LogP contribution in [0.5, 0.6) is 0 Å². The Labute approximate surface area is 71.4 Å². The molecule has 0 nitrogen and oxygen atoms in total. The zero-order valence-corrected chi connectivity index (χ0v) is 8.70. The summed E-state index contributed by atoms with van der Waals surface area (Å²) >= 11 is 0. The highest BCUT2D eigenvalue weighted by molar-refractivity contribution is 4.90. The van der Waals surface area contributed by atoms with Gasteiger partial charge < -0.3 is 0 Å². The molecule has 1 saturated carbocycles. The minimum atomic E-state index is 0.506. The third-order valence-electron chi connectivity index (χ3n) is 2.67. The smallest absolute Gasteiger partial charge is 0.0321 e. The van der Waals surface area contributed by atoms with Crippen LogP contribution in [0.25, 0.3) is 0 Å². The van der Waals surface area contributed by atoms with Crippen molar-refractivity contribution in [2.75, 3.05) is 0 Å². The fraction of sp³-hybridized carbons (Fsp3) is 1.00. The van der Waals surface area contributed by atoms with E-state index < -0.39 is 0 Å². The first-order valence-corrected chi connectivity index (χ1v) is 4.81. The van der Waals surface area contributed by atoms with Gasteiger partial charge in [0, 0.05) is 0 Å². The molecule has 0 aliphatic heterocycles. The topological polar surface area (TPSA) is 0 Å². The van der Waals surface area contributed by atoms with Gasteiger partial charge in [-0.2, -0.15) is 0 Å². The Balaban J connectivity index is 2.45. The summed E-state index contributed by atoms with van der Waals surface area (Å²) in [6, 6.07) is 0. The van der Waals surface area contributed by atoms with Crippen molar-refractivity contribution in [1.29, 1.82) is 0 Å². The number of hydrogen-bond acceptors (Lipinski definition) is 0. The van der Waals surface area contributed by atoms with E-state index in [0.717, 1.165) is 5.92 Å². The summed E-state index contributed by atoms with van der Waals surface area (Å²) in [6.07, 6.45) is 4.32. The maximum atomic E-state index is 2.43. The second-order valence-electron chi connectivity index (χ2n) is 6.00. The first kappa shape index (κ1) is 9.09. The standard InChI is InChI=1S/C11H22/c1-10(2,3)8-11(4,5)9-6-7-9/h9H,6-8H2,1-5H3. The summed E-state index contributed by atoms with van der Waals surface area (Å²) < 4.78 is 0. The molecule has 0 unspecified atom stereocenters. The Kier molecular flexibility index (Phi) is 2.07. The van der Waals surface area contributed by atoms with Gasteiger partial charge in [0.15, 0.2) is 0 Å². The lowest BCUT2D eigenvalue weighted by Gasteiger charge is -2.32. The number of hydrogen-bond donors (Lipinski definition) is 0. The second-order valence-corrected chi connectivity index (χ2v) is 6.00. The molecule has 0 heteroatoms. The average molecular weight is 154 g/mol. The van der Waals surface area contributed by atoms with Crippen molar-refractivity contribution >= 4 is 0 Å². The van der Waals surface area contributed by atoms with Crippen LogP contribution in [-0.2, 0) is 0 Å². The SMILES string of the molecule is CC(C)(C)CC(C)(C)C1CC1. The third-order valence-corrected chi connectivity index (χ3v) is 2.67. The van der Waals surface area contributed by atoms with Gasteiger partial charge in [0.1, 0.15) is 0 Å². The Morgan fingerprint density at radius 2 is 1.45 bits per heavy atom. The van der Waals surface area contributed by atoms with Crippen LogP contribution in [0.3, 0.4) is 0 Å². The van der Waals surface area contributed by atoms with Gasteiger partial charge >= 0.3 is 0 Å². The minimum absolute atomic E-state index is 0.506. The summed E-state index contributed by atoms with van der Waals surface area (Å²) in [5, 5.41) is 0. The lowest BCUT2D eigenvalue weighted by Crippen LogP contribution is -2.22. The molecular formula is C11H22. The molecule has 0 N–H and O–H groups in total. The average Bonchev–Trinajstić information content (AvgIpc) is 2.30. The van der Waals surface area contributed by atoms with Gasteiger partial charge in [0.25, 0.3) is 0 Å². The van der Waals surface area contributed by atoms with Crippen LogP contribution in [-0.4, -0.2) is 0 Å². The van der Waals surface area contributed by atoms with Gasteiger partial charge in [-0.15, -0.1) is 0 Å². The summed E-state index contributed by atoms with van der Waals surface area (Å²) in [7, 11) is 0. The molecule has 0 saturated heterocycles. The normalized spacial score (nSPS) is 20.5. The van der Waals surface area contributed by atoms with Crippen molar-refractivity contribution in [3.05, 3.63) is 0 Å². The lowest BCUT2D eigenvalue weighted by molar-refractivity contribution is 0.184. The third kappa shape index (κ3) is 2.84. The van der Waals surface area contributed by atoms with Gasteiger partial charge in [0.2, 0.25) is 0 Å². The molecule has 0 heterocycles. The van der Waals surface area contributed by atoms with E-state index in [9.17, 15) is 0 Å². The lowest BCUT2D eigenvalue weighted by atomic mass is 9.73. The number of rotatable bonds is 2. The molecule has 0 radical (unpaired) electrons. The molecule has 1 aliphatic carbocycles. The monoisotopic (exact) mass is 154 g/mol. The van der Waals surface area contributed by atoms with E-state index in [1.165, 1.54) is 19.3 Å². The Bertz CT molecular complexity index is 133. The Hall–Kier alpha value is 0. The largest absolute Gasteiger partial charge is 0.0602 e. The van der Waals surface area contributed by atoms with Crippen LogP contribution in [0.2, 0.25) is 0 Å². The first-order chi connectivity index (χ1) is 4.81. The van der Waals surface area contributed by atoms with Gasteiger partial charge in [-0.05, 0) is 36.0 Å². The zero-order valence-electron chi connectivity index (χ0n) is 8.70. The Morgan fingerprint density at radius 1 is 1.00 bits per heavy atom. The summed E-state index contributed by atoms with van der Waals surface area (Å²) in [4.78, 5) is 0.